The molecular weight excluding hydrogens is 301 g/mol. The number of fused-ring (bicyclic) bond motifs is 1. The van der Waals surface area contributed by atoms with Crippen LogP contribution in [-0.4, -0.2) is 24.3 Å². The SMILES string of the molecule is CC(C)OB(OC(C)C)c1ccc(-c2nc3ccccc3o2)cc1. The Hall–Kier alpha value is -2.11. The van der Waals surface area contributed by atoms with Gasteiger partial charge in [0.05, 0.1) is 0 Å². The van der Waals surface area contributed by atoms with Crippen molar-refractivity contribution >= 4 is 23.7 Å². The van der Waals surface area contributed by atoms with E-state index in [2.05, 4.69) is 4.98 Å². The van der Waals surface area contributed by atoms with Crippen molar-refractivity contribution in [2.24, 2.45) is 0 Å². The Morgan fingerprint density at radius 1 is 0.875 bits per heavy atom. The Morgan fingerprint density at radius 3 is 2.08 bits per heavy atom. The predicted molar refractivity (Wildman–Crippen MR) is 97.3 cm³/mol. The number of oxazole rings is 1. The van der Waals surface area contributed by atoms with Crippen LogP contribution in [0.1, 0.15) is 27.7 Å². The van der Waals surface area contributed by atoms with E-state index in [0.717, 1.165) is 22.1 Å². The van der Waals surface area contributed by atoms with Crippen LogP contribution in [0.15, 0.2) is 52.9 Å². The van der Waals surface area contributed by atoms with E-state index in [4.69, 9.17) is 13.7 Å². The molecule has 0 amide bonds. The lowest BCUT2D eigenvalue weighted by Gasteiger charge is -2.19. The molecule has 2 aromatic carbocycles. The molecule has 0 saturated carbocycles. The Morgan fingerprint density at radius 2 is 1.50 bits per heavy atom. The molecule has 1 aromatic heterocycles. The third-order valence-electron chi connectivity index (χ3n) is 3.52. The summed E-state index contributed by atoms with van der Waals surface area (Å²) >= 11 is 0. The number of nitrogens with zero attached hydrogens (tertiary/aromatic N) is 1. The second-order valence-corrected chi connectivity index (χ2v) is 6.31. The maximum absolute atomic E-state index is 5.88. The van der Waals surface area contributed by atoms with Crippen LogP contribution in [0.3, 0.4) is 0 Å². The average Bonchev–Trinajstić information content (AvgIpc) is 2.97. The maximum Gasteiger partial charge on any atom is 0.494 e. The monoisotopic (exact) mass is 323 g/mol. The molecule has 3 aromatic rings. The van der Waals surface area contributed by atoms with E-state index in [-0.39, 0.29) is 19.3 Å². The zero-order valence-electron chi connectivity index (χ0n) is 14.5. The fourth-order valence-corrected chi connectivity index (χ4v) is 2.46. The van der Waals surface area contributed by atoms with Crippen LogP contribution in [0.2, 0.25) is 0 Å². The molecule has 0 spiro atoms. The molecule has 0 saturated heterocycles. The van der Waals surface area contributed by atoms with Gasteiger partial charge in [0, 0.05) is 17.8 Å². The van der Waals surface area contributed by atoms with E-state index in [9.17, 15) is 0 Å². The highest BCUT2D eigenvalue weighted by atomic mass is 16.6. The van der Waals surface area contributed by atoms with Crippen molar-refractivity contribution in [2.45, 2.75) is 39.9 Å². The Labute approximate surface area is 142 Å². The van der Waals surface area contributed by atoms with Crippen molar-refractivity contribution in [2.75, 3.05) is 0 Å². The van der Waals surface area contributed by atoms with Gasteiger partial charge in [-0.25, -0.2) is 4.98 Å². The summed E-state index contributed by atoms with van der Waals surface area (Å²) < 4.78 is 17.6. The molecule has 24 heavy (non-hydrogen) atoms. The summed E-state index contributed by atoms with van der Waals surface area (Å²) in [7, 11) is -0.373. The van der Waals surface area contributed by atoms with Gasteiger partial charge in [-0.2, -0.15) is 0 Å². The fraction of sp³-hybridized carbons (Fsp3) is 0.316. The minimum absolute atomic E-state index is 0.0884. The van der Waals surface area contributed by atoms with Gasteiger partial charge >= 0.3 is 7.12 Å². The number of aromatic nitrogens is 1. The molecule has 0 aliphatic heterocycles. The minimum Gasteiger partial charge on any atom is -0.436 e. The third kappa shape index (κ3) is 3.86. The summed E-state index contributed by atoms with van der Waals surface area (Å²) in [6.45, 7) is 8.01. The minimum atomic E-state index is -0.373. The van der Waals surface area contributed by atoms with Gasteiger partial charge in [-0.15, -0.1) is 0 Å². The normalized spacial score (nSPS) is 11.6. The standard InChI is InChI=1S/C19H22BNO3/c1-13(2)23-20(24-14(3)4)16-11-9-15(10-12-16)19-21-17-7-5-6-8-18(17)22-19/h5-14H,1-4H3. The summed E-state index contributed by atoms with van der Waals surface area (Å²) in [5.74, 6) is 0.619. The van der Waals surface area contributed by atoms with Crippen LogP contribution < -0.4 is 5.46 Å². The van der Waals surface area contributed by atoms with Crippen LogP contribution in [-0.2, 0) is 9.31 Å². The highest BCUT2D eigenvalue weighted by Gasteiger charge is 2.24. The van der Waals surface area contributed by atoms with Gasteiger partial charge in [0.2, 0.25) is 5.89 Å². The van der Waals surface area contributed by atoms with Crippen molar-refractivity contribution in [3.05, 3.63) is 48.5 Å². The molecule has 1 heterocycles. The largest absolute Gasteiger partial charge is 0.494 e. The maximum atomic E-state index is 5.88. The lowest BCUT2D eigenvalue weighted by Crippen LogP contribution is -2.40. The second-order valence-electron chi connectivity index (χ2n) is 6.31. The van der Waals surface area contributed by atoms with Crippen molar-refractivity contribution in [1.82, 2.24) is 4.98 Å². The first-order valence-electron chi connectivity index (χ1n) is 8.30. The van der Waals surface area contributed by atoms with E-state index in [0.29, 0.717) is 5.89 Å². The van der Waals surface area contributed by atoms with Crippen LogP contribution in [0, 0.1) is 0 Å². The van der Waals surface area contributed by atoms with E-state index in [1.807, 2.05) is 76.2 Å². The number of hydrogen-bond donors (Lipinski definition) is 0. The number of hydrogen-bond acceptors (Lipinski definition) is 4. The molecule has 0 atom stereocenters. The molecule has 0 N–H and O–H groups in total. The van der Waals surface area contributed by atoms with Gasteiger partial charge in [0.15, 0.2) is 5.58 Å². The van der Waals surface area contributed by atoms with Gasteiger partial charge in [-0.1, -0.05) is 24.3 Å². The summed E-state index contributed by atoms with van der Waals surface area (Å²) in [4.78, 5) is 4.53. The summed E-state index contributed by atoms with van der Waals surface area (Å²) in [6, 6.07) is 15.7. The highest BCUT2D eigenvalue weighted by molar-refractivity contribution is 6.61. The molecule has 0 aliphatic rings. The van der Waals surface area contributed by atoms with E-state index >= 15 is 0 Å². The fourth-order valence-electron chi connectivity index (χ4n) is 2.46. The molecule has 0 aliphatic carbocycles. The van der Waals surface area contributed by atoms with Crippen LogP contribution >= 0.6 is 0 Å². The summed E-state index contributed by atoms with van der Waals surface area (Å²) in [5.41, 5.74) is 3.57. The molecule has 3 rings (SSSR count). The topological polar surface area (TPSA) is 44.5 Å². The molecule has 4 nitrogen and oxygen atoms in total. The van der Waals surface area contributed by atoms with Crippen LogP contribution in [0.4, 0.5) is 0 Å². The highest BCUT2D eigenvalue weighted by Crippen LogP contribution is 2.23. The first kappa shape index (κ1) is 16.7. The zero-order chi connectivity index (χ0) is 17.1. The molecule has 0 bridgehead atoms. The van der Waals surface area contributed by atoms with Gasteiger partial charge < -0.3 is 13.7 Å². The lowest BCUT2D eigenvalue weighted by molar-refractivity contribution is 0.139. The van der Waals surface area contributed by atoms with E-state index in [1.165, 1.54) is 0 Å². The second kappa shape index (κ2) is 7.20. The van der Waals surface area contributed by atoms with Crippen LogP contribution in [0.25, 0.3) is 22.6 Å². The first-order chi connectivity index (χ1) is 11.5. The van der Waals surface area contributed by atoms with Gasteiger partial charge in [-0.05, 0) is 57.4 Å². The van der Waals surface area contributed by atoms with Gasteiger partial charge in [0.25, 0.3) is 0 Å². The molecule has 0 radical (unpaired) electrons. The Bertz CT molecular complexity index is 753. The van der Waals surface area contributed by atoms with Crippen molar-refractivity contribution < 1.29 is 13.7 Å². The van der Waals surface area contributed by atoms with Crippen molar-refractivity contribution in [3.63, 3.8) is 0 Å². The van der Waals surface area contributed by atoms with Crippen LogP contribution in [0.5, 0.6) is 0 Å². The third-order valence-corrected chi connectivity index (χ3v) is 3.52. The number of benzene rings is 2. The molecule has 0 unspecified atom stereocenters. The lowest BCUT2D eigenvalue weighted by atomic mass is 9.78. The zero-order valence-corrected chi connectivity index (χ0v) is 14.5. The van der Waals surface area contributed by atoms with E-state index < -0.39 is 0 Å². The van der Waals surface area contributed by atoms with Crippen molar-refractivity contribution in [3.8, 4) is 11.5 Å². The Kier molecular flexibility index (Phi) is 5.02. The average molecular weight is 323 g/mol. The predicted octanol–water partition coefficient (Wildman–Crippen LogP) is 4.04. The Balaban J connectivity index is 1.85. The summed E-state index contributed by atoms with van der Waals surface area (Å²) in [6.07, 6.45) is 0.177. The first-order valence-corrected chi connectivity index (χ1v) is 8.30. The smallest absolute Gasteiger partial charge is 0.436 e. The van der Waals surface area contributed by atoms with Gasteiger partial charge in [-0.3, -0.25) is 0 Å². The van der Waals surface area contributed by atoms with Gasteiger partial charge in [0.1, 0.15) is 5.52 Å². The molecular formula is C19H22BNO3. The van der Waals surface area contributed by atoms with Crippen molar-refractivity contribution in [1.29, 1.82) is 0 Å². The number of para-hydroxylation sites is 2. The van der Waals surface area contributed by atoms with E-state index in [1.54, 1.807) is 0 Å². The quantitative estimate of drug-likeness (QED) is 0.642. The molecule has 124 valence electrons. The molecule has 0 fully saturated rings. The molecule has 5 heteroatoms. The summed E-state index contributed by atoms with van der Waals surface area (Å²) in [5, 5.41) is 0. The number of rotatable bonds is 6.